The van der Waals surface area contributed by atoms with Crippen molar-refractivity contribution in [3.8, 4) is 0 Å². The maximum Gasteiger partial charge on any atom is 0.276 e. The quantitative estimate of drug-likeness (QED) is 0.901. The van der Waals surface area contributed by atoms with Crippen LogP contribution in [0.4, 0.5) is 5.00 Å². The van der Waals surface area contributed by atoms with E-state index in [1.165, 1.54) is 34.8 Å². The number of carbonyl (C=O) groups is 2. The number of aryl methyl sites for hydroxylation is 1. The van der Waals surface area contributed by atoms with Crippen molar-refractivity contribution in [2.45, 2.75) is 38.1 Å². The average Bonchev–Trinajstić information content (AvgIpc) is 3.14. The van der Waals surface area contributed by atoms with Gasteiger partial charge in [-0.1, -0.05) is 0 Å². The van der Waals surface area contributed by atoms with Crippen LogP contribution in [0.5, 0.6) is 0 Å². The molecule has 0 saturated heterocycles. The Morgan fingerprint density at radius 3 is 2.78 bits per heavy atom. The molecule has 2 aliphatic rings. The highest BCUT2D eigenvalue weighted by atomic mass is 32.1. The molecule has 1 saturated carbocycles. The number of carbonyl (C=O) groups excluding carboxylic acids is 2. The predicted molar refractivity (Wildman–Crippen MR) is 86.8 cm³/mol. The van der Waals surface area contributed by atoms with Gasteiger partial charge in [-0.15, -0.1) is 11.3 Å². The van der Waals surface area contributed by atoms with Crippen LogP contribution in [0.2, 0.25) is 0 Å². The molecule has 118 valence electrons. The Morgan fingerprint density at radius 2 is 2.04 bits per heavy atom. The number of anilines is 1. The third-order valence-electron chi connectivity index (χ3n) is 4.08. The van der Waals surface area contributed by atoms with E-state index in [2.05, 4.69) is 20.6 Å². The predicted octanol–water partition coefficient (Wildman–Crippen LogP) is 2.17. The molecule has 2 heterocycles. The molecule has 0 unspecified atom stereocenters. The van der Waals surface area contributed by atoms with Gasteiger partial charge in [0.05, 0.1) is 11.8 Å². The number of fused-ring (bicyclic) bond motifs is 1. The molecule has 0 bridgehead atoms. The van der Waals surface area contributed by atoms with Gasteiger partial charge in [-0.05, 0) is 37.7 Å². The summed E-state index contributed by atoms with van der Waals surface area (Å²) in [7, 11) is 0. The largest absolute Gasteiger partial charge is 0.349 e. The fourth-order valence-electron chi connectivity index (χ4n) is 2.80. The highest BCUT2D eigenvalue weighted by molar-refractivity contribution is 7.17. The Kier molecular flexibility index (Phi) is 3.57. The van der Waals surface area contributed by atoms with Gasteiger partial charge in [0.25, 0.3) is 11.8 Å². The first-order chi connectivity index (χ1) is 11.2. The van der Waals surface area contributed by atoms with E-state index in [1.54, 1.807) is 0 Å². The van der Waals surface area contributed by atoms with Crippen molar-refractivity contribution in [2.75, 3.05) is 5.32 Å². The number of nitrogens with zero attached hydrogens (tertiary/aromatic N) is 2. The van der Waals surface area contributed by atoms with Crippen LogP contribution in [-0.4, -0.2) is 27.8 Å². The number of hydrogen-bond donors (Lipinski definition) is 2. The lowest BCUT2D eigenvalue weighted by molar-refractivity contribution is 0.0951. The smallest absolute Gasteiger partial charge is 0.276 e. The molecule has 2 amide bonds. The van der Waals surface area contributed by atoms with Crippen molar-refractivity contribution < 1.29 is 9.59 Å². The van der Waals surface area contributed by atoms with E-state index in [1.807, 2.05) is 0 Å². The van der Waals surface area contributed by atoms with Gasteiger partial charge in [0.1, 0.15) is 10.7 Å². The van der Waals surface area contributed by atoms with Crippen LogP contribution in [-0.2, 0) is 12.8 Å². The molecule has 2 aromatic heterocycles. The molecule has 4 rings (SSSR count). The monoisotopic (exact) mass is 328 g/mol. The molecule has 0 spiro atoms. The van der Waals surface area contributed by atoms with Gasteiger partial charge < -0.3 is 10.6 Å². The molecule has 2 N–H and O–H groups in total. The Labute approximate surface area is 137 Å². The van der Waals surface area contributed by atoms with Gasteiger partial charge in [0.15, 0.2) is 0 Å². The minimum Gasteiger partial charge on any atom is -0.349 e. The lowest BCUT2D eigenvalue weighted by atomic mass is 10.1. The summed E-state index contributed by atoms with van der Waals surface area (Å²) in [5.41, 5.74) is 1.99. The van der Waals surface area contributed by atoms with E-state index in [9.17, 15) is 9.59 Å². The van der Waals surface area contributed by atoms with Crippen LogP contribution >= 0.6 is 11.3 Å². The zero-order valence-corrected chi connectivity index (χ0v) is 13.3. The van der Waals surface area contributed by atoms with Gasteiger partial charge in [-0.3, -0.25) is 14.6 Å². The molecular weight excluding hydrogens is 312 g/mol. The summed E-state index contributed by atoms with van der Waals surface area (Å²) in [6.07, 6.45) is 9.45. The van der Waals surface area contributed by atoms with Crippen molar-refractivity contribution in [3.63, 3.8) is 0 Å². The molecule has 0 radical (unpaired) electrons. The number of aromatic nitrogens is 2. The number of hydrogen-bond acceptors (Lipinski definition) is 5. The molecule has 0 aliphatic heterocycles. The van der Waals surface area contributed by atoms with Crippen LogP contribution in [0.3, 0.4) is 0 Å². The zero-order chi connectivity index (χ0) is 15.8. The summed E-state index contributed by atoms with van der Waals surface area (Å²) in [5, 5.41) is 6.50. The second-order valence-corrected chi connectivity index (χ2v) is 6.96. The van der Waals surface area contributed by atoms with Crippen LogP contribution in [0, 0.1) is 0 Å². The summed E-state index contributed by atoms with van der Waals surface area (Å²) >= 11 is 1.51. The van der Waals surface area contributed by atoms with Crippen molar-refractivity contribution in [1.82, 2.24) is 15.3 Å². The maximum absolute atomic E-state index is 12.6. The van der Waals surface area contributed by atoms with Gasteiger partial charge in [0, 0.05) is 23.3 Å². The molecule has 0 aromatic carbocycles. The third-order valence-corrected chi connectivity index (χ3v) is 5.29. The molecule has 7 heteroatoms. The summed E-state index contributed by atoms with van der Waals surface area (Å²) in [4.78, 5) is 34.0. The second kappa shape index (κ2) is 5.73. The van der Waals surface area contributed by atoms with Crippen LogP contribution in [0.1, 0.15) is 50.5 Å². The topological polar surface area (TPSA) is 84.0 Å². The van der Waals surface area contributed by atoms with Crippen LogP contribution < -0.4 is 10.6 Å². The first kappa shape index (κ1) is 14.3. The second-order valence-electron chi connectivity index (χ2n) is 5.85. The number of thiophene rings is 1. The summed E-state index contributed by atoms with van der Waals surface area (Å²) in [6, 6.07) is 0.294. The molecule has 1 fully saturated rings. The first-order valence-corrected chi connectivity index (χ1v) is 8.57. The first-order valence-electron chi connectivity index (χ1n) is 7.75. The summed E-state index contributed by atoms with van der Waals surface area (Å²) < 4.78 is 0. The van der Waals surface area contributed by atoms with E-state index >= 15 is 0 Å². The Hall–Kier alpha value is -2.28. The van der Waals surface area contributed by atoms with Gasteiger partial charge in [-0.25, -0.2) is 4.98 Å². The van der Waals surface area contributed by atoms with Crippen molar-refractivity contribution in [1.29, 1.82) is 0 Å². The van der Waals surface area contributed by atoms with E-state index in [4.69, 9.17) is 0 Å². The van der Waals surface area contributed by atoms with Gasteiger partial charge in [0.2, 0.25) is 0 Å². The fraction of sp³-hybridized carbons (Fsp3) is 0.375. The van der Waals surface area contributed by atoms with E-state index in [0.29, 0.717) is 16.6 Å². The minimum absolute atomic E-state index is 0.0682. The van der Waals surface area contributed by atoms with E-state index in [0.717, 1.165) is 37.7 Å². The lowest BCUT2D eigenvalue weighted by Crippen LogP contribution is -2.27. The van der Waals surface area contributed by atoms with Crippen LogP contribution in [0.15, 0.2) is 18.6 Å². The third kappa shape index (κ3) is 2.84. The summed E-state index contributed by atoms with van der Waals surface area (Å²) in [5.74, 6) is -0.403. The fourth-order valence-corrected chi connectivity index (χ4v) is 4.08. The summed E-state index contributed by atoms with van der Waals surface area (Å²) in [6.45, 7) is 0. The number of rotatable bonds is 4. The Bertz CT molecular complexity index is 768. The van der Waals surface area contributed by atoms with Crippen molar-refractivity contribution >= 4 is 28.2 Å². The minimum atomic E-state index is -0.335. The van der Waals surface area contributed by atoms with Gasteiger partial charge >= 0.3 is 0 Å². The molecule has 0 atom stereocenters. The Balaban J connectivity index is 1.62. The SMILES string of the molecule is O=C(Nc1sc2c(c1C(=O)NC1CC1)CCC2)c1cnccn1. The lowest BCUT2D eigenvalue weighted by Gasteiger charge is -2.08. The van der Waals surface area contributed by atoms with E-state index in [-0.39, 0.29) is 17.5 Å². The molecule has 2 aromatic rings. The zero-order valence-electron chi connectivity index (χ0n) is 12.5. The number of amides is 2. The van der Waals surface area contributed by atoms with Crippen molar-refractivity contribution in [3.05, 3.63) is 40.3 Å². The highest BCUT2D eigenvalue weighted by Crippen LogP contribution is 2.39. The molecule has 23 heavy (non-hydrogen) atoms. The molecular formula is C16H16N4O2S. The Morgan fingerprint density at radius 1 is 1.17 bits per heavy atom. The maximum atomic E-state index is 12.6. The molecule has 6 nitrogen and oxygen atoms in total. The number of nitrogens with one attached hydrogen (secondary N) is 2. The average molecular weight is 328 g/mol. The standard InChI is InChI=1S/C16H16N4O2S/c21-14(11-8-17-6-7-18-11)20-16-13(15(22)19-9-4-5-9)10-2-1-3-12(10)23-16/h6-9H,1-5H2,(H,19,22)(H,20,21). The van der Waals surface area contributed by atoms with Crippen molar-refractivity contribution in [2.24, 2.45) is 0 Å². The highest BCUT2D eigenvalue weighted by Gasteiger charge is 2.31. The molecule has 2 aliphatic carbocycles. The van der Waals surface area contributed by atoms with Gasteiger partial charge in [-0.2, -0.15) is 0 Å². The normalized spacial score (nSPS) is 16.0. The van der Waals surface area contributed by atoms with Crippen LogP contribution in [0.25, 0.3) is 0 Å². The van der Waals surface area contributed by atoms with E-state index < -0.39 is 0 Å².